The van der Waals surface area contributed by atoms with Crippen molar-refractivity contribution in [3.05, 3.63) is 35.4 Å². The average Bonchev–Trinajstić information content (AvgIpc) is 2.92. The van der Waals surface area contributed by atoms with Crippen molar-refractivity contribution in [2.45, 2.75) is 31.1 Å². The van der Waals surface area contributed by atoms with Gasteiger partial charge >= 0.3 is 0 Å². The lowest BCUT2D eigenvalue weighted by molar-refractivity contribution is 0.539. The first kappa shape index (κ1) is 15.0. The lowest BCUT2D eigenvalue weighted by atomic mass is 10.1. The molecular formula is C14H19N3O2S. The second-order valence-corrected chi connectivity index (χ2v) is 6.81. The van der Waals surface area contributed by atoms with E-state index >= 15 is 0 Å². The van der Waals surface area contributed by atoms with Crippen LogP contribution in [0.3, 0.4) is 0 Å². The Hall–Kier alpha value is -1.42. The van der Waals surface area contributed by atoms with Gasteiger partial charge in [0.25, 0.3) is 0 Å². The molecule has 1 fully saturated rings. The fourth-order valence-electron chi connectivity index (χ4n) is 2.40. The van der Waals surface area contributed by atoms with Gasteiger partial charge < -0.3 is 5.32 Å². The second-order valence-electron chi connectivity index (χ2n) is 5.00. The normalized spacial score (nSPS) is 18.9. The molecule has 20 heavy (non-hydrogen) atoms. The molecule has 0 aliphatic carbocycles. The molecule has 1 atom stereocenters. The number of nitrogens with one attached hydrogen (secondary N) is 2. The first-order valence-corrected chi connectivity index (χ1v) is 8.45. The van der Waals surface area contributed by atoms with Crippen LogP contribution in [0.25, 0.3) is 0 Å². The molecule has 6 heteroatoms. The Labute approximate surface area is 120 Å². The van der Waals surface area contributed by atoms with Crippen molar-refractivity contribution in [2.75, 3.05) is 13.1 Å². The van der Waals surface area contributed by atoms with E-state index < -0.39 is 10.0 Å². The monoisotopic (exact) mass is 293 g/mol. The third-order valence-electron chi connectivity index (χ3n) is 3.46. The summed E-state index contributed by atoms with van der Waals surface area (Å²) in [4.78, 5) is 0. The summed E-state index contributed by atoms with van der Waals surface area (Å²) in [7, 11) is -3.39. The summed E-state index contributed by atoms with van der Waals surface area (Å²) in [5.74, 6) is -0.144. The summed E-state index contributed by atoms with van der Waals surface area (Å²) in [5, 5.41) is 12.3. The molecule has 1 heterocycles. The van der Waals surface area contributed by atoms with Crippen LogP contribution in [0.2, 0.25) is 0 Å². The van der Waals surface area contributed by atoms with E-state index in [4.69, 9.17) is 5.26 Å². The van der Waals surface area contributed by atoms with Gasteiger partial charge in [0.1, 0.15) is 0 Å². The number of rotatable bonds is 6. The van der Waals surface area contributed by atoms with Gasteiger partial charge in [-0.05, 0) is 37.4 Å². The van der Waals surface area contributed by atoms with Crippen molar-refractivity contribution in [1.29, 1.82) is 5.26 Å². The molecule has 2 rings (SSSR count). The summed E-state index contributed by atoms with van der Waals surface area (Å²) in [6.45, 7) is 1.46. The van der Waals surface area contributed by atoms with Gasteiger partial charge in [0.15, 0.2) is 0 Å². The molecule has 1 unspecified atom stereocenters. The maximum absolute atomic E-state index is 12.0. The lowest BCUT2D eigenvalue weighted by Crippen LogP contribution is -2.31. The second kappa shape index (κ2) is 6.84. The van der Waals surface area contributed by atoms with E-state index in [9.17, 15) is 8.42 Å². The van der Waals surface area contributed by atoms with Gasteiger partial charge in [-0.1, -0.05) is 18.2 Å². The Balaban J connectivity index is 1.88. The first-order valence-electron chi connectivity index (χ1n) is 6.79. The van der Waals surface area contributed by atoms with E-state index in [1.165, 1.54) is 0 Å². The minimum absolute atomic E-state index is 0.144. The van der Waals surface area contributed by atoms with Crippen molar-refractivity contribution >= 4 is 10.0 Å². The largest absolute Gasteiger partial charge is 0.314 e. The third-order valence-corrected chi connectivity index (χ3v) is 4.80. The summed E-state index contributed by atoms with van der Waals surface area (Å²) in [6, 6.07) is 9.22. The van der Waals surface area contributed by atoms with E-state index in [-0.39, 0.29) is 5.75 Å². The molecule has 0 saturated carbocycles. The molecule has 1 aliphatic heterocycles. The number of hydrogen-bond donors (Lipinski definition) is 2. The summed E-state index contributed by atoms with van der Waals surface area (Å²) >= 11 is 0. The molecule has 0 bridgehead atoms. The van der Waals surface area contributed by atoms with E-state index in [1.54, 1.807) is 24.3 Å². The van der Waals surface area contributed by atoms with Gasteiger partial charge in [0.2, 0.25) is 10.0 Å². The fourth-order valence-corrected chi connectivity index (χ4v) is 3.59. The predicted octanol–water partition coefficient (Wildman–Crippen LogP) is 1.12. The van der Waals surface area contributed by atoms with Crippen LogP contribution in [0.5, 0.6) is 0 Å². The molecule has 1 aromatic rings. The molecule has 5 nitrogen and oxygen atoms in total. The Morgan fingerprint density at radius 2 is 2.20 bits per heavy atom. The quantitative estimate of drug-likeness (QED) is 0.823. The van der Waals surface area contributed by atoms with Crippen LogP contribution in [0.15, 0.2) is 24.3 Å². The molecule has 108 valence electrons. The van der Waals surface area contributed by atoms with Gasteiger partial charge in [0.05, 0.1) is 17.4 Å². The van der Waals surface area contributed by atoms with E-state index in [1.807, 2.05) is 6.07 Å². The zero-order chi connectivity index (χ0) is 14.4. The van der Waals surface area contributed by atoms with Crippen molar-refractivity contribution in [3.8, 4) is 6.07 Å². The predicted molar refractivity (Wildman–Crippen MR) is 77.4 cm³/mol. The van der Waals surface area contributed by atoms with Crippen LogP contribution >= 0.6 is 0 Å². The SMILES string of the molecule is N#Cc1ccccc1CS(=O)(=O)NCCC1CCCN1. The Bertz CT molecular complexity index is 587. The van der Waals surface area contributed by atoms with Gasteiger partial charge in [0, 0.05) is 12.6 Å². The number of sulfonamides is 1. The number of hydrogen-bond acceptors (Lipinski definition) is 4. The summed E-state index contributed by atoms with van der Waals surface area (Å²) in [6.07, 6.45) is 3.07. The van der Waals surface area contributed by atoms with E-state index in [0.717, 1.165) is 25.8 Å². The molecule has 0 aromatic heterocycles. The van der Waals surface area contributed by atoms with Gasteiger partial charge in [-0.25, -0.2) is 13.1 Å². The topological polar surface area (TPSA) is 82.0 Å². The molecular weight excluding hydrogens is 274 g/mol. The summed E-state index contributed by atoms with van der Waals surface area (Å²) in [5.41, 5.74) is 0.955. The van der Waals surface area contributed by atoms with E-state index in [2.05, 4.69) is 10.0 Å². The van der Waals surface area contributed by atoms with Gasteiger partial charge in [-0.15, -0.1) is 0 Å². The maximum Gasteiger partial charge on any atom is 0.215 e. The Kier molecular flexibility index (Phi) is 5.12. The highest BCUT2D eigenvalue weighted by Gasteiger charge is 2.17. The molecule has 0 radical (unpaired) electrons. The smallest absolute Gasteiger partial charge is 0.215 e. The van der Waals surface area contributed by atoms with Gasteiger partial charge in [-0.3, -0.25) is 0 Å². The highest BCUT2D eigenvalue weighted by atomic mass is 32.2. The zero-order valence-electron chi connectivity index (χ0n) is 11.3. The molecule has 0 spiro atoms. The van der Waals surface area contributed by atoms with Crippen molar-refractivity contribution in [1.82, 2.24) is 10.0 Å². The van der Waals surface area contributed by atoms with Gasteiger partial charge in [-0.2, -0.15) is 5.26 Å². The minimum atomic E-state index is -3.39. The van der Waals surface area contributed by atoms with Crippen molar-refractivity contribution in [2.24, 2.45) is 0 Å². The van der Waals surface area contributed by atoms with Crippen LogP contribution in [-0.2, 0) is 15.8 Å². The highest BCUT2D eigenvalue weighted by Crippen LogP contribution is 2.11. The van der Waals surface area contributed by atoms with Crippen LogP contribution in [-0.4, -0.2) is 27.5 Å². The number of benzene rings is 1. The maximum atomic E-state index is 12.0. The van der Waals surface area contributed by atoms with Crippen LogP contribution in [0, 0.1) is 11.3 Å². The van der Waals surface area contributed by atoms with Crippen LogP contribution in [0.4, 0.5) is 0 Å². The third kappa shape index (κ3) is 4.30. The van der Waals surface area contributed by atoms with E-state index in [0.29, 0.717) is 23.7 Å². The minimum Gasteiger partial charge on any atom is -0.314 e. The Morgan fingerprint density at radius 3 is 2.90 bits per heavy atom. The molecule has 1 aromatic carbocycles. The molecule has 2 N–H and O–H groups in total. The molecule has 1 saturated heterocycles. The number of nitrogens with zero attached hydrogens (tertiary/aromatic N) is 1. The van der Waals surface area contributed by atoms with Crippen molar-refractivity contribution in [3.63, 3.8) is 0 Å². The molecule has 0 amide bonds. The van der Waals surface area contributed by atoms with Crippen LogP contribution < -0.4 is 10.0 Å². The number of nitriles is 1. The molecule has 1 aliphatic rings. The Morgan fingerprint density at radius 1 is 1.40 bits per heavy atom. The van der Waals surface area contributed by atoms with Crippen LogP contribution in [0.1, 0.15) is 30.4 Å². The fraction of sp³-hybridized carbons (Fsp3) is 0.500. The highest BCUT2D eigenvalue weighted by molar-refractivity contribution is 7.88. The zero-order valence-corrected chi connectivity index (χ0v) is 12.1. The first-order chi connectivity index (χ1) is 9.61. The summed E-state index contributed by atoms with van der Waals surface area (Å²) < 4.78 is 26.6. The standard InChI is InChI=1S/C14H19N3O2S/c15-10-12-4-1-2-5-13(12)11-20(18,19)17-9-7-14-6-3-8-16-14/h1-2,4-5,14,16-17H,3,6-9,11H2. The lowest BCUT2D eigenvalue weighted by Gasteiger charge is -2.11. The van der Waals surface area contributed by atoms with Crippen molar-refractivity contribution < 1.29 is 8.42 Å². The average molecular weight is 293 g/mol.